The summed E-state index contributed by atoms with van der Waals surface area (Å²) in [5.41, 5.74) is 14.9. The van der Waals surface area contributed by atoms with E-state index < -0.39 is 0 Å². The van der Waals surface area contributed by atoms with E-state index in [9.17, 15) is 0 Å². The zero-order valence-corrected chi connectivity index (χ0v) is 21.9. The Morgan fingerprint density at radius 1 is 0.237 bits per heavy atom. The first kappa shape index (κ1) is 23.7. The maximum absolute atomic E-state index is 2.30. The summed E-state index contributed by atoms with van der Waals surface area (Å²) in [6.07, 6.45) is 0. The smallest absolute Gasteiger partial charge is 0.0178 e. The van der Waals surface area contributed by atoms with E-state index >= 15 is 0 Å². The molecule has 0 heterocycles. The van der Waals surface area contributed by atoms with Crippen molar-refractivity contribution in [1.29, 1.82) is 0 Å². The normalized spacial score (nSPS) is 10.9. The predicted molar refractivity (Wildman–Crippen MR) is 163 cm³/mol. The Morgan fingerprint density at radius 3 is 0.632 bits per heavy atom. The van der Waals surface area contributed by atoms with Gasteiger partial charge < -0.3 is 0 Å². The molecule has 0 fully saturated rings. The van der Waals surface area contributed by atoms with Gasteiger partial charge in [0.15, 0.2) is 0 Å². The van der Waals surface area contributed by atoms with E-state index in [4.69, 9.17) is 0 Å². The monoisotopic (exact) mass is 486 g/mol. The van der Waals surface area contributed by atoms with Crippen molar-refractivity contribution < 1.29 is 0 Å². The fraction of sp³-hybridized carbons (Fsp3) is 0.0526. The SMILES string of the molecule is Cc1cccc(-c2cccc(-c3cccc(-c4cccc(-c5cccc(-c6cccc(C)c6)c5)c4)c3)c2)c1. The molecular weight excluding hydrogens is 456 g/mol. The van der Waals surface area contributed by atoms with Crippen LogP contribution in [0.4, 0.5) is 0 Å². The van der Waals surface area contributed by atoms with E-state index in [-0.39, 0.29) is 0 Å². The van der Waals surface area contributed by atoms with Crippen LogP contribution in [0, 0.1) is 13.8 Å². The van der Waals surface area contributed by atoms with Crippen molar-refractivity contribution >= 4 is 0 Å². The van der Waals surface area contributed by atoms with Crippen LogP contribution in [-0.2, 0) is 0 Å². The average Bonchev–Trinajstić information content (AvgIpc) is 2.97. The number of benzene rings is 6. The number of hydrogen-bond acceptors (Lipinski definition) is 0. The molecule has 0 bridgehead atoms. The van der Waals surface area contributed by atoms with Crippen LogP contribution in [0.1, 0.15) is 11.1 Å². The first-order valence-corrected chi connectivity index (χ1v) is 13.2. The van der Waals surface area contributed by atoms with Crippen molar-refractivity contribution in [3.8, 4) is 55.6 Å². The topological polar surface area (TPSA) is 0 Å². The molecule has 0 unspecified atom stereocenters. The summed E-state index contributed by atoms with van der Waals surface area (Å²) in [6.45, 7) is 4.29. The fourth-order valence-corrected chi connectivity index (χ4v) is 5.16. The van der Waals surface area contributed by atoms with Crippen LogP contribution < -0.4 is 0 Å². The van der Waals surface area contributed by atoms with Gasteiger partial charge in [-0.25, -0.2) is 0 Å². The minimum Gasteiger partial charge on any atom is -0.0614 e. The van der Waals surface area contributed by atoms with E-state index in [0.717, 1.165) is 0 Å². The predicted octanol–water partition coefficient (Wildman–Crippen LogP) is 10.6. The van der Waals surface area contributed by atoms with E-state index in [0.29, 0.717) is 0 Å². The van der Waals surface area contributed by atoms with Gasteiger partial charge in [-0.2, -0.15) is 0 Å². The Labute approximate surface area is 225 Å². The summed E-state index contributed by atoms with van der Waals surface area (Å²) in [6, 6.07) is 52.8. The molecule has 0 aromatic heterocycles. The van der Waals surface area contributed by atoms with Gasteiger partial charge >= 0.3 is 0 Å². The lowest BCUT2D eigenvalue weighted by Crippen LogP contribution is -1.86. The molecule has 6 aromatic rings. The first-order chi connectivity index (χ1) is 18.6. The Hall–Kier alpha value is -4.68. The number of hydrogen-bond donors (Lipinski definition) is 0. The van der Waals surface area contributed by atoms with Crippen molar-refractivity contribution in [1.82, 2.24) is 0 Å². The second kappa shape index (κ2) is 10.4. The third-order valence-corrected chi connectivity index (χ3v) is 7.15. The molecule has 6 rings (SSSR count). The van der Waals surface area contributed by atoms with Crippen molar-refractivity contribution in [2.45, 2.75) is 13.8 Å². The van der Waals surface area contributed by atoms with Crippen molar-refractivity contribution in [2.24, 2.45) is 0 Å². The minimum absolute atomic E-state index is 1.22. The second-order valence-electron chi connectivity index (χ2n) is 10.1. The van der Waals surface area contributed by atoms with Crippen molar-refractivity contribution in [2.75, 3.05) is 0 Å². The Morgan fingerprint density at radius 2 is 0.421 bits per heavy atom. The first-order valence-electron chi connectivity index (χ1n) is 13.2. The largest absolute Gasteiger partial charge is 0.0614 e. The Bertz CT molecular complexity index is 1610. The third-order valence-electron chi connectivity index (χ3n) is 7.15. The summed E-state index contributed by atoms with van der Waals surface area (Å²) in [5, 5.41) is 0. The molecule has 0 amide bonds. The second-order valence-corrected chi connectivity index (χ2v) is 10.1. The van der Waals surface area contributed by atoms with Gasteiger partial charge in [-0.05, 0) is 93.7 Å². The number of aryl methyl sites for hydroxylation is 2. The Balaban J connectivity index is 1.33. The van der Waals surface area contributed by atoms with Gasteiger partial charge in [-0.1, -0.05) is 132 Å². The molecule has 0 radical (unpaired) electrons. The molecule has 0 spiro atoms. The maximum atomic E-state index is 2.30. The van der Waals surface area contributed by atoms with Crippen LogP contribution in [-0.4, -0.2) is 0 Å². The van der Waals surface area contributed by atoms with Crippen LogP contribution >= 0.6 is 0 Å². The summed E-state index contributed by atoms with van der Waals surface area (Å²) >= 11 is 0. The van der Waals surface area contributed by atoms with Crippen LogP contribution in [0.3, 0.4) is 0 Å². The molecule has 0 nitrogen and oxygen atoms in total. The number of rotatable bonds is 5. The molecule has 0 N–H and O–H groups in total. The summed E-state index contributed by atoms with van der Waals surface area (Å²) < 4.78 is 0. The molecule has 182 valence electrons. The quantitative estimate of drug-likeness (QED) is 0.227. The third kappa shape index (κ3) is 5.08. The van der Waals surface area contributed by atoms with Gasteiger partial charge in [0.1, 0.15) is 0 Å². The lowest BCUT2D eigenvalue weighted by atomic mass is 9.94. The van der Waals surface area contributed by atoms with Gasteiger partial charge in [0, 0.05) is 0 Å². The van der Waals surface area contributed by atoms with E-state index in [1.54, 1.807) is 0 Å². The van der Waals surface area contributed by atoms with Gasteiger partial charge in [0.2, 0.25) is 0 Å². The Kier molecular flexibility index (Phi) is 6.46. The van der Waals surface area contributed by atoms with Gasteiger partial charge in [-0.15, -0.1) is 0 Å². The van der Waals surface area contributed by atoms with Crippen molar-refractivity contribution in [3.63, 3.8) is 0 Å². The summed E-state index contributed by atoms with van der Waals surface area (Å²) in [5.74, 6) is 0. The molecule has 0 saturated carbocycles. The zero-order valence-electron chi connectivity index (χ0n) is 21.9. The molecule has 0 atom stereocenters. The standard InChI is InChI=1S/C38H30/c1-27-9-3-11-29(21-27)31-13-5-15-33(23-31)35-17-7-19-37(25-35)38-20-8-18-36(26-38)34-16-6-14-32(24-34)30-12-4-10-28(2)22-30/h3-26H,1-2H3. The van der Waals surface area contributed by atoms with Crippen LogP contribution in [0.5, 0.6) is 0 Å². The molecule has 0 aliphatic heterocycles. The molecule has 0 heteroatoms. The summed E-state index contributed by atoms with van der Waals surface area (Å²) in [7, 11) is 0. The van der Waals surface area contributed by atoms with Crippen LogP contribution in [0.2, 0.25) is 0 Å². The fourth-order valence-electron chi connectivity index (χ4n) is 5.16. The molecule has 0 aliphatic carbocycles. The van der Waals surface area contributed by atoms with E-state index in [1.165, 1.54) is 66.8 Å². The van der Waals surface area contributed by atoms with E-state index in [1.807, 2.05) is 0 Å². The van der Waals surface area contributed by atoms with Crippen LogP contribution in [0.25, 0.3) is 55.6 Å². The highest BCUT2D eigenvalue weighted by Gasteiger charge is 2.07. The lowest BCUT2D eigenvalue weighted by Gasteiger charge is -2.11. The van der Waals surface area contributed by atoms with Gasteiger partial charge in [0.25, 0.3) is 0 Å². The van der Waals surface area contributed by atoms with E-state index in [2.05, 4.69) is 159 Å². The average molecular weight is 487 g/mol. The summed E-state index contributed by atoms with van der Waals surface area (Å²) in [4.78, 5) is 0. The maximum Gasteiger partial charge on any atom is -0.0178 e. The van der Waals surface area contributed by atoms with Gasteiger partial charge in [-0.3, -0.25) is 0 Å². The van der Waals surface area contributed by atoms with Gasteiger partial charge in [0.05, 0.1) is 0 Å². The molecule has 0 aliphatic rings. The highest BCUT2D eigenvalue weighted by Crippen LogP contribution is 2.33. The lowest BCUT2D eigenvalue weighted by molar-refractivity contribution is 1.46. The zero-order chi connectivity index (χ0) is 25.9. The van der Waals surface area contributed by atoms with Crippen LogP contribution in [0.15, 0.2) is 146 Å². The minimum atomic E-state index is 1.22. The molecular formula is C38H30. The highest BCUT2D eigenvalue weighted by atomic mass is 14.1. The molecule has 38 heavy (non-hydrogen) atoms. The molecule has 6 aromatic carbocycles. The molecule has 0 saturated heterocycles. The highest BCUT2D eigenvalue weighted by molar-refractivity contribution is 5.80. The van der Waals surface area contributed by atoms with Crippen molar-refractivity contribution in [3.05, 3.63) is 157 Å².